The van der Waals surface area contributed by atoms with Gasteiger partial charge in [0.25, 0.3) is 5.91 Å². The predicted molar refractivity (Wildman–Crippen MR) is 80.6 cm³/mol. The quantitative estimate of drug-likeness (QED) is 0.764. The number of nitrogens with two attached hydrogens (primary N) is 1. The molecule has 0 heterocycles. The van der Waals surface area contributed by atoms with E-state index in [4.69, 9.17) is 9.88 Å². The summed E-state index contributed by atoms with van der Waals surface area (Å²) >= 11 is 0. The lowest BCUT2D eigenvalue weighted by Gasteiger charge is -2.21. The Kier molecular flexibility index (Phi) is 6.32. The van der Waals surface area contributed by atoms with E-state index in [1.54, 1.807) is 17.9 Å². The van der Waals surface area contributed by atoms with Gasteiger partial charge in [0.05, 0.1) is 11.5 Å². The Morgan fingerprint density at radius 2 is 1.95 bits per heavy atom. The number of carbonyl (C=O) groups is 1. The first kappa shape index (κ1) is 17.6. The van der Waals surface area contributed by atoms with Gasteiger partial charge in [-0.25, -0.2) is 13.6 Å². The highest BCUT2D eigenvalue weighted by Gasteiger charge is 2.17. The molecule has 0 saturated heterocycles. The Hall–Kier alpha value is -1.44. The number of benzene rings is 1. The molecule has 0 saturated carbocycles. The average Bonchev–Trinajstić information content (AvgIpc) is 2.41. The van der Waals surface area contributed by atoms with E-state index in [0.717, 1.165) is 0 Å². The molecular weight excluding hydrogens is 292 g/mol. The van der Waals surface area contributed by atoms with Crippen LogP contribution in [0.4, 0.5) is 0 Å². The summed E-state index contributed by atoms with van der Waals surface area (Å²) in [4.78, 5) is 14.0. The molecule has 1 rings (SSSR count). The molecule has 0 atom stereocenters. The van der Waals surface area contributed by atoms with E-state index < -0.39 is 10.0 Å². The third kappa shape index (κ3) is 5.11. The molecule has 0 aliphatic carbocycles. The van der Waals surface area contributed by atoms with Gasteiger partial charge in [-0.1, -0.05) is 0 Å². The number of aryl methyl sites for hydroxylation is 1. The van der Waals surface area contributed by atoms with Crippen molar-refractivity contribution in [3.05, 3.63) is 29.3 Å². The molecule has 0 aromatic heterocycles. The van der Waals surface area contributed by atoms with Gasteiger partial charge in [-0.05, 0) is 44.5 Å². The maximum absolute atomic E-state index is 12.4. The minimum Gasteiger partial charge on any atom is -0.380 e. The van der Waals surface area contributed by atoms with Crippen LogP contribution in [0.15, 0.2) is 23.1 Å². The third-order valence-electron chi connectivity index (χ3n) is 3.00. The Balaban J connectivity index is 3.03. The van der Waals surface area contributed by atoms with Crippen molar-refractivity contribution in [1.29, 1.82) is 0 Å². The number of rotatable bonds is 7. The maximum Gasteiger partial charge on any atom is 0.253 e. The number of primary sulfonamides is 1. The van der Waals surface area contributed by atoms with E-state index in [-0.39, 0.29) is 10.8 Å². The van der Waals surface area contributed by atoms with Crippen LogP contribution in [0.5, 0.6) is 0 Å². The van der Waals surface area contributed by atoms with E-state index in [9.17, 15) is 13.2 Å². The Bertz CT molecular complexity index is 599. The van der Waals surface area contributed by atoms with E-state index in [1.165, 1.54) is 12.1 Å². The number of nitrogens with zero attached hydrogens (tertiary/aromatic N) is 1. The molecule has 7 heteroatoms. The first-order valence-electron chi connectivity index (χ1n) is 6.81. The minimum absolute atomic E-state index is 0.0493. The molecule has 0 unspecified atom stereocenters. The topological polar surface area (TPSA) is 89.7 Å². The highest BCUT2D eigenvalue weighted by atomic mass is 32.2. The predicted octanol–water partition coefficient (Wildman–Crippen LogP) is 1.14. The SMILES string of the molecule is CCOCCN(CC)C(=O)c1cc(C)cc(S(N)(=O)=O)c1. The Labute approximate surface area is 125 Å². The van der Waals surface area contributed by atoms with Gasteiger partial charge in [0, 0.05) is 25.3 Å². The highest BCUT2D eigenvalue weighted by Crippen LogP contribution is 2.15. The van der Waals surface area contributed by atoms with Crippen molar-refractivity contribution >= 4 is 15.9 Å². The van der Waals surface area contributed by atoms with Crippen molar-refractivity contribution < 1.29 is 17.9 Å². The summed E-state index contributed by atoms with van der Waals surface area (Å²) in [6, 6.07) is 4.41. The molecule has 1 aromatic carbocycles. The molecule has 0 spiro atoms. The van der Waals surface area contributed by atoms with Gasteiger partial charge in [0.15, 0.2) is 0 Å². The number of hydrogen-bond donors (Lipinski definition) is 1. The summed E-state index contributed by atoms with van der Waals surface area (Å²) in [6.07, 6.45) is 0. The second kappa shape index (κ2) is 7.53. The minimum atomic E-state index is -3.83. The Morgan fingerprint density at radius 3 is 2.48 bits per heavy atom. The zero-order chi connectivity index (χ0) is 16.0. The van der Waals surface area contributed by atoms with Crippen molar-refractivity contribution in [2.24, 2.45) is 5.14 Å². The fourth-order valence-electron chi connectivity index (χ4n) is 1.94. The number of hydrogen-bond acceptors (Lipinski definition) is 4. The van der Waals surface area contributed by atoms with E-state index in [2.05, 4.69) is 0 Å². The summed E-state index contributed by atoms with van der Waals surface area (Å²) in [5.74, 6) is -0.231. The summed E-state index contributed by atoms with van der Waals surface area (Å²) in [6.45, 7) is 7.49. The average molecular weight is 314 g/mol. The zero-order valence-corrected chi connectivity index (χ0v) is 13.4. The lowest BCUT2D eigenvalue weighted by molar-refractivity contribution is 0.0669. The second-order valence-electron chi connectivity index (χ2n) is 4.66. The van der Waals surface area contributed by atoms with Gasteiger partial charge in [-0.15, -0.1) is 0 Å². The largest absolute Gasteiger partial charge is 0.380 e. The van der Waals surface area contributed by atoms with Crippen LogP contribution in [-0.4, -0.2) is 45.5 Å². The Morgan fingerprint density at radius 1 is 1.29 bits per heavy atom. The molecule has 1 amide bonds. The van der Waals surface area contributed by atoms with Gasteiger partial charge in [0.1, 0.15) is 0 Å². The lowest BCUT2D eigenvalue weighted by Crippen LogP contribution is -2.34. The van der Waals surface area contributed by atoms with Crippen LogP contribution in [0.25, 0.3) is 0 Å². The third-order valence-corrected chi connectivity index (χ3v) is 3.90. The van der Waals surface area contributed by atoms with Gasteiger partial charge >= 0.3 is 0 Å². The van der Waals surface area contributed by atoms with Gasteiger partial charge in [-0.2, -0.15) is 0 Å². The summed E-state index contributed by atoms with van der Waals surface area (Å²) < 4.78 is 28.1. The zero-order valence-electron chi connectivity index (χ0n) is 12.6. The van der Waals surface area contributed by atoms with Crippen LogP contribution >= 0.6 is 0 Å². The summed E-state index contributed by atoms with van der Waals surface area (Å²) in [5.41, 5.74) is 0.989. The molecule has 0 fully saturated rings. The molecule has 6 nitrogen and oxygen atoms in total. The molecule has 0 radical (unpaired) electrons. The van der Waals surface area contributed by atoms with E-state index in [0.29, 0.717) is 37.4 Å². The number of likely N-dealkylation sites (N-methyl/N-ethyl adjacent to an activating group) is 1. The molecule has 0 bridgehead atoms. The normalized spacial score (nSPS) is 11.4. The van der Waals surface area contributed by atoms with Crippen LogP contribution < -0.4 is 5.14 Å². The maximum atomic E-state index is 12.4. The van der Waals surface area contributed by atoms with Crippen LogP contribution in [-0.2, 0) is 14.8 Å². The van der Waals surface area contributed by atoms with Gasteiger partial charge < -0.3 is 9.64 Å². The fourth-order valence-corrected chi connectivity index (χ4v) is 2.58. The fraction of sp³-hybridized carbons (Fsp3) is 0.500. The monoisotopic (exact) mass is 314 g/mol. The molecule has 21 heavy (non-hydrogen) atoms. The first-order valence-corrected chi connectivity index (χ1v) is 8.35. The molecule has 118 valence electrons. The van der Waals surface area contributed by atoms with E-state index in [1.807, 2.05) is 13.8 Å². The molecule has 0 aliphatic heterocycles. The number of sulfonamides is 1. The molecule has 2 N–H and O–H groups in total. The summed E-state index contributed by atoms with van der Waals surface area (Å²) in [7, 11) is -3.83. The van der Waals surface area contributed by atoms with Gasteiger partial charge in [-0.3, -0.25) is 4.79 Å². The first-order chi connectivity index (χ1) is 9.79. The smallest absolute Gasteiger partial charge is 0.253 e. The number of carbonyl (C=O) groups excluding carboxylic acids is 1. The van der Waals surface area contributed by atoms with E-state index >= 15 is 0 Å². The lowest BCUT2D eigenvalue weighted by atomic mass is 10.1. The van der Waals surface area contributed by atoms with Gasteiger partial charge in [0.2, 0.25) is 10.0 Å². The van der Waals surface area contributed by atoms with Crippen molar-refractivity contribution in [1.82, 2.24) is 4.90 Å². The van der Waals surface area contributed by atoms with Crippen molar-refractivity contribution in [2.45, 2.75) is 25.7 Å². The van der Waals surface area contributed by atoms with Crippen molar-refractivity contribution in [3.8, 4) is 0 Å². The van der Waals surface area contributed by atoms with Crippen LogP contribution in [0.2, 0.25) is 0 Å². The van der Waals surface area contributed by atoms with Crippen LogP contribution in [0, 0.1) is 6.92 Å². The van der Waals surface area contributed by atoms with Crippen molar-refractivity contribution in [2.75, 3.05) is 26.3 Å². The molecule has 0 aliphatic rings. The number of ether oxygens (including phenoxy) is 1. The van der Waals surface area contributed by atoms with Crippen molar-refractivity contribution in [3.63, 3.8) is 0 Å². The molecular formula is C14H22N2O4S. The number of amides is 1. The molecule has 1 aromatic rings. The highest BCUT2D eigenvalue weighted by molar-refractivity contribution is 7.89. The summed E-state index contributed by atoms with van der Waals surface area (Å²) in [5, 5.41) is 5.13. The van der Waals surface area contributed by atoms with Crippen LogP contribution in [0.3, 0.4) is 0 Å². The van der Waals surface area contributed by atoms with Crippen LogP contribution in [0.1, 0.15) is 29.8 Å². The standard InChI is InChI=1S/C14H22N2O4S/c1-4-16(6-7-20-5-2)14(17)12-8-11(3)9-13(10-12)21(15,18)19/h8-10H,4-7H2,1-3H3,(H2,15,18,19). The second-order valence-corrected chi connectivity index (χ2v) is 6.22.